The number of H-pyrrole nitrogens is 1. The van der Waals surface area contributed by atoms with E-state index < -0.39 is 5.82 Å². The molecule has 2 aromatic heterocycles. The lowest BCUT2D eigenvalue weighted by atomic mass is 10.2. The van der Waals surface area contributed by atoms with Crippen LogP contribution in [-0.2, 0) is 0 Å². The van der Waals surface area contributed by atoms with Crippen LogP contribution in [0.4, 0.5) is 15.9 Å². The molecule has 1 unspecified atom stereocenters. The van der Waals surface area contributed by atoms with Crippen molar-refractivity contribution in [1.82, 2.24) is 25.2 Å². The molecule has 3 heterocycles. The lowest BCUT2D eigenvalue weighted by Gasteiger charge is -2.09. The molecule has 1 fully saturated rings. The Hall–Kier alpha value is -2.45. The van der Waals surface area contributed by atoms with Gasteiger partial charge in [0.2, 0.25) is 0 Å². The van der Waals surface area contributed by atoms with Gasteiger partial charge < -0.3 is 25.6 Å². The van der Waals surface area contributed by atoms with Crippen LogP contribution in [0.5, 0.6) is 0 Å². The molecule has 4 N–H and O–H groups in total. The maximum atomic E-state index is 13.7. The first kappa shape index (κ1) is 31.6. The van der Waals surface area contributed by atoms with Crippen LogP contribution in [0.3, 0.4) is 0 Å². The van der Waals surface area contributed by atoms with Crippen molar-refractivity contribution >= 4 is 43.4 Å². The van der Waals surface area contributed by atoms with E-state index in [1.807, 2.05) is 0 Å². The Balaban J connectivity index is 0.000000334. The van der Waals surface area contributed by atoms with E-state index in [1.54, 1.807) is 18.2 Å². The summed E-state index contributed by atoms with van der Waals surface area (Å²) in [4.78, 5) is 23.7. The minimum Gasteiger partial charge on any atom is -0.400 e. The number of hydrogen-bond donors (Lipinski definition) is 4. The van der Waals surface area contributed by atoms with Gasteiger partial charge in [-0.25, -0.2) is 14.4 Å². The third-order valence-corrected chi connectivity index (χ3v) is 5.88. The summed E-state index contributed by atoms with van der Waals surface area (Å²) in [6.45, 7) is 8.23. The quantitative estimate of drug-likeness (QED) is 0.211. The molecular formula is C26H42FN6O2P. The number of nitrogens with one attached hydrogen (secondary N) is 3. The molecule has 1 aliphatic heterocycles. The van der Waals surface area contributed by atoms with Gasteiger partial charge in [-0.3, -0.25) is 4.79 Å². The number of carbonyl (C=O) groups excluding carboxylic acids is 1. The third-order valence-electron chi connectivity index (χ3n) is 5.40. The summed E-state index contributed by atoms with van der Waals surface area (Å²) in [5.41, 5.74) is 1.72. The Kier molecular flexibility index (Phi) is 15.7. The van der Waals surface area contributed by atoms with Crippen LogP contribution < -0.4 is 15.9 Å². The molecule has 1 saturated heterocycles. The molecular weight excluding hydrogens is 478 g/mol. The number of halogens is 1. The normalized spacial score (nSPS) is 14.2. The highest BCUT2D eigenvalue weighted by Gasteiger charge is 2.12. The van der Waals surface area contributed by atoms with E-state index in [-0.39, 0.29) is 0 Å². The number of rotatable bonds is 7. The fourth-order valence-electron chi connectivity index (χ4n) is 3.39. The number of anilines is 2. The first-order valence-electron chi connectivity index (χ1n) is 12.2. The zero-order chi connectivity index (χ0) is 26.9. The highest BCUT2D eigenvalue weighted by atomic mass is 31.0. The summed E-state index contributed by atoms with van der Waals surface area (Å²) in [5.74, 6) is 0.888. The van der Waals surface area contributed by atoms with Gasteiger partial charge >= 0.3 is 0 Å². The van der Waals surface area contributed by atoms with E-state index in [9.17, 15) is 9.18 Å². The van der Waals surface area contributed by atoms with E-state index in [0.29, 0.717) is 22.4 Å². The van der Waals surface area contributed by atoms with Crippen LogP contribution in [0.15, 0.2) is 30.7 Å². The van der Waals surface area contributed by atoms with Crippen molar-refractivity contribution < 1.29 is 14.3 Å². The summed E-state index contributed by atoms with van der Waals surface area (Å²) in [5, 5.41) is 14.4. The maximum absolute atomic E-state index is 13.7. The molecule has 0 aliphatic carbocycles. The minimum absolute atomic E-state index is 0.302. The predicted octanol–water partition coefficient (Wildman–Crippen LogP) is 4.12. The minimum atomic E-state index is -0.419. The molecule has 10 heteroatoms. The molecule has 0 radical (unpaired) electrons. The van der Waals surface area contributed by atoms with E-state index in [0.717, 1.165) is 30.3 Å². The van der Waals surface area contributed by atoms with Gasteiger partial charge in [0, 0.05) is 24.6 Å². The first-order valence-corrected chi connectivity index (χ1v) is 12.8. The Bertz CT molecular complexity index is 1020. The summed E-state index contributed by atoms with van der Waals surface area (Å²) in [6.07, 6.45) is 8.78. The van der Waals surface area contributed by atoms with Crippen molar-refractivity contribution in [3.05, 3.63) is 42.1 Å². The van der Waals surface area contributed by atoms with E-state index in [4.69, 9.17) is 5.11 Å². The number of fused-ring (bicyclic) bond motifs is 1. The molecule has 3 aromatic rings. The second kappa shape index (κ2) is 17.9. The average Bonchev–Trinajstić information content (AvgIpc) is 3.51. The number of carbonyl (C=O) groups is 1. The summed E-state index contributed by atoms with van der Waals surface area (Å²) in [7, 11) is 7.77. The topological polar surface area (TPSA) is 106 Å². The van der Waals surface area contributed by atoms with Gasteiger partial charge in [-0.1, -0.05) is 26.7 Å². The predicted molar refractivity (Wildman–Crippen MR) is 151 cm³/mol. The van der Waals surface area contributed by atoms with Crippen molar-refractivity contribution in [3.8, 4) is 0 Å². The molecule has 4 rings (SSSR count). The van der Waals surface area contributed by atoms with Crippen LogP contribution in [0.1, 0.15) is 49.9 Å². The zero-order valence-electron chi connectivity index (χ0n) is 22.1. The number of nitrogens with zero attached hydrogens (tertiary/aromatic N) is 3. The van der Waals surface area contributed by atoms with Gasteiger partial charge in [0.1, 0.15) is 24.1 Å². The molecule has 0 bridgehead atoms. The zero-order valence-corrected chi connectivity index (χ0v) is 23.3. The molecule has 1 aliphatic rings. The lowest BCUT2D eigenvalue weighted by Crippen LogP contribution is -2.12. The second-order valence-electron chi connectivity index (χ2n) is 8.78. The largest absolute Gasteiger partial charge is 0.400 e. The van der Waals surface area contributed by atoms with Crippen LogP contribution in [0.2, 0.25) is 0 Å². The van der Waals surface area contributed by atoms with E-state index in [2.05, 4.69) is 67.7 Å². The van der Waals surface area contributed by atoms with Crippen molar-refractivity contribution in [2.75, 3.05) is 46.2 Å². The fraction of sp³-hybridized carbons (Fsp3) is 0.500. The van der Waals surface area contributed by atoms with Crippen LogP contribution in [-0.4, -0.2) is 72.1 Å². The summed E-state index contributed by atoms with van der Waals surface area (Å²) >= 11 is 0. The van der Waals surface area contributed by atoms with Crippen LogP contribution in [0.25, 0.3) is 11.0 Å². The third kappa shape index (κ3) is 11.1. The van der Waals surface area contributed by atoms with Crippen molar-refractivity contribution in [2.24, 2.45) is 5.92 Å². The Morgan fingerprint density at radius 1 is 1.28 bits per heavy atom. The van der Waals surface area contributed by atoms with Gasteiger partial charge in [-0.05, 0) is 76.0 Å². The number of benzene rings is 1. The molecule has 0 spiro atoms. The monoisotopic (exact) mass is 520 g/mol. The smallest absolute Gasteiger partial charge is 0.153 e. The molecule has 0 saturated carbocycles. The second-order valence-corrected chi connectivity index (χ2v) is 9.40. The number of aliphatic hydroxyl groups excluding tert-OH is 1. The Labute approximate surface area is 216 Å². The van der Waals surface area contributed by atoms with Crippen molar-refractivity contribution in [1.29, 1.82) is 0 Å². The molecule has 36 heavy (non-hydrogen) atoms. The number of aliphatic hydroxyl groups is 1. The van der Waals surface area contributed by atoms with Crippen LogP contribution in [0, 0.1) is 11.7 Å². The van der Waals surface area contributed by atoms with E-state index in [1.165, 1.54) is 57.8 Å². The number of aromatic nitrogens is 3. The van der Waals surface area contributed by atoms with Gasteiger partial charge in [-0.15, -0.1) is 9.24 Å². The first-order chi connectivity index (χ1) is 17.3. The molecule has 1 aromatic carbocycles. The molecule has 2 atom stereocenters. The highest BCUT2D eigenvalue weighted by molar-refractivity contribution is 7.28. The Morgan fingerprint density at radius 2 is 2.03 bits per heavy atom. The van der Waals surface area contributed by atoms with Gasteiger partial charge in [0.15, 0.2) is 5.82 Å². The van der Waals surface area contributed by atoms with Crippen molar-refractivity contribution in [3.63, 3.8) is 0 Å². The molecule has 200 valence electrons. The van der Waals surface area contributed by atoms with Crippen molar-refractivity contribution in [2.45, 2.75) is 39.5 Å². The van der Waals surface area contributed by atoms with Crippen LogP contribution >= 0.6 is 9.24 Å². The summed E-state index contributed by atoms with van der Waals surface area (Å²) in [6, 6.07) is 5.13. The maximum Gasteiger partial charge on any atom is 0.153 e. The SMILES string of the molecule is CCCCCN(C)C.CO.C[C@H]1CCNC1.O=Cc1ccc(Nc2ncnc3[nH]cc(F)c23)c(P)c1. The highest BCUT2D eigenvalue weighted by Crippen LogP contribution is 2.25. The average molecular weight is 521 g/mol. The standard InChI is InChI=1S/C13H10FN4OP.C7H17N.C5H11N.CH4O/c14-8-4-15-12-11(8)13(17-6-16-12)18-9-2-1-7(5-19)3-10(9)20;1-4-5-6-7-8(2)3;1-5-2-3-6-4-5;1-2/h1-6H,20H2,(H2,15,16,17,18);4-7H2,1-3H3;5-6H,2-4H2,1H3;2H,1H3/t;;5-;/m..0./s1. The Morgan fingerprint density at radius 3 is 2.56 bits per heavy atom. The lowest BCUT2D eigenvalue weighted by molar-refractivity contribution is 0.112. The molecule has 0 amide bonds. The number of aldehydes is 1. The number of unbranched alkanes of at least 4 members (excludes halogenated alkanes) is 2. The van der Waals surface area contributed by atoms with Gasteiger partial charge in [0.05, 0.1) is 5.39 Å². The fourth-order valence-corrected chi connectivity index (χ4v) is 3.75. The van der Waals surface area contributed by atoms with Gasteiger partial charge in [-0.2, -0.15) is 0 Å². The number of hydrogen-bond acceptors (Lipinski definition) is 7. The summed E-state index contributed by atoms with van der Waals surface area (Å²) < 4.78 is 13.7. The van der Waals surface area contributed by atoms with E-state index >= 15 is 0 Å². The molecule has 8 nitrogen and oxygen atoms in total. The number of aromatic amines is 1. The van der Waals surface area contributed by atoms with Gasteiger partial charge in [0.25, 0.3) is 0 Å².